The molecule has 5 amide bonds. The number of hydrogen-bond acceptors (Lipinski definition) is 7. The summed E-state index contributed by atoms with van der Waals surface area (Å²) in [6, 6.07) is 18.8. The lowest BCUT2D eigenvalue weighted by atomic mass is 9.85. The number of alkyl carbamates (subject to hydrolysis) is 1. The highest BCUT2D eigenvalue weighted by atomic mass is 16.6. The van der Waals surface area contributed by atoms with Crippen molar-refractivity contribution in [3.05, 3.63) is 83.9 Å². The Labute approximate surface area is 274 Å². The first-order chi connectivity index (χ1) is 22.1. The van der Waals surface area contributed by atoms with Crippen LogP contribution < -0.4 is 21.3 Å². The van der Waals surface area contributed by atoms with Gasteiger partial charge in [0, 0.05) is 0 Å². The standard InChI is InChI=1S/C36H42N4O7/c1-20(2)29(31(42)28-21(3)32(43)40-33(28)44)38-27(41)19-26(23-13-8-7-9-14-23)37-34(45)30(39-35(46)47-36(4,5)6)25-17-16-22-12-10-11-15-24(22)18-25/h7-18,20-21,26,28-30H,19H2,1-6H3,(H,37,45)(H,38,41)(H,39,46)(H,40,43,44)/t21-,26-,28+,29-,30?/m0/s1. The molecule has 0 radical (unpaired) electrons. The van der Waals surface area contributed by atoms with Gasteiger partial charge in [-0.3, -0.25) is 29.3 Å². The second-order valence-electron chi connectivity index (χ2n) is 13.2. The van der Waals surface area contributed by atoms with E-state index in [1.165, 1.54) is 6.92 Å². The molecule has 1 aliphatic heterocycles. The van der Waals surface area contributed by atoms with Gasteiger partial charge in [-0.15, -0.1) is 0 Å². The second kappa shape index (κ2) is 14.6. The Morgan fingerprint density at radius 1 is 0.809 bits per heavy atom. The summed E-state index contributed by atoms with van der Waals surface area (Å²) in [6.45, 7) is 10.1. The van der Waals surface area contributed by atoms with E-state index in [2.05, 4.69) is 21.3 Å². The number of amides is 5. The van der Waals surface area contributed by atoms with Crippen LogP contribution in [0.3, 0.4) is 0 Å². The SMILES string of the molecule is CC(C)[C@H](NC(=O)C[C@H](NC(=O)C(NC(=O)OC(C)(C)C)c1ccc2ccccc2c1)c1ccccc1)C(=O)[C@@H]1C(=O)NC(=O)[C@H]1C. The third-order valence-corrected chi connectivity index (χ3v) is 7.98. The van der Waals surface area contributed by atoms with Gasteiger partial charge in [-0.25, -0.2) is 4.79 Å². The number of imide groups is 1. The van der Waals surface area contributed by atoms with Gasteiger partial charge in [0.2, 0.25) is 23.6 Å². The summed E-state index contributed by atoms with van der Waals surface area (Å²) in [6.07, 6.45) is -1.05. The largest absolute Gasteiger partial charge is 0.444 e. The molecule has 1 fully saturated rings. The minimum Gasteiger partial charge on any atom is -0.444 e. The van der Waals surface area contributed by atoms with Crippen LogP contribution in [0.25, 0.3) is 10.8 Å². The van der Waals surface area contributed by atoms with Gasteiger partial charge in [0.25, 0.3) is 0 Å². The van der Waals surface area contributed by atoms with Gasteiger partial charge in [0.15, 0.2) is 5.78 Å². The normalized spacial score (nSPS) is 18.2. The van der Waals surface area contributed by atoms with Crippen LogP contribution in [0.4, 0.5) is 4.79 Å². The first-order valence-corrected chi connectivity index (χ1v) is 15.7. The van der Waals surface area contributed by atoms with Crippen molar-refractivity contribution in [1.82, 2.24) is 21.3 Å². The molecule has 3 aromatic carbocycles. The number of ether oxygens (including phenoxy) is 1. The van der Waals surface area contributed by atoms with Crippen molar-refractivity contribution in [2.45, 2.75) is 71.7 Å². The Bertz CT molecular complexity index is 1660. The molecule has 3 aromatic rings. The number of Topliss-reactive ketones (excluding diaryl/α,β-unsaturated/α-hetero) is 1. The average molecular weight is 643 g/mol. The van der Waals surface area contributed by atoms with Gasteiger partial charge in [0.05, 0.1) is 24.4 Å². The third kappa shape index (κ3) is 8.81. The van der Waals surface area contributed by atoms with E-state index >= 15 is 0 Å². The predicted molar refractivity (Wildman–Crippen MR) is 176 cm³/mol. The molecule has 1 saturated heterocycles. The Kier molecular flexibility index (Phi) is 10.8. The zero-order valence-electron chi connectivity index (χ0n) is 27.5. The van der Waals surface area contributed by atoms with Crippen LogP contribution in [-0.2, 0) is 28.7 Å². The summed E-state index contributed by atoms with van der Waals surface area (Å²) in [7, 11) is 0. The lowest BCUT2D eigenvalue weighted by Gasteiger charge is -2.27. The third-order valence-electron chi connectivity index (χ3n) is 7.98. The Morgan fingerprint density at radius 2 is 1.45 bits per heavy atom. The Balaban J connectivity index is 1.60. The van der Waals surface area contributed by atoms with E-state index in [-0.39, 0.29) is 12.3 Å². The minimum atomic E-state index is -1.21. The van der Waals surface area contributed by atoms with Gasteiger partial charge in [-0.1, -0.05) is 87.5 Å². The highest BCUT2D eigenvalue weighted by molar-refractivity contribution is 6.16. The van der Waals surface area contributed by atoms with Crippen molar-refractivity contribution in [1.29, 1.82) is 0 Å². The molecule has 0 aliphatic carbocycles. The van der Waals surface area contributed by atoms with E-state index in [0.29, 0.717) is 11.1 Å². The van der Waals surface area contributed by atoms with Crippen LogP contribution >= 0.6 is 0 Å². The molecule has 47 heavy (non-hydrogen) atoms. The second-order valence-corrected chi connectivity index (χ2v) is 13.2. The summed E-state index contributed by atoms with van der Waals surface area (Å²) >= 11 is 0. The van der Waals surface area contributed by atoms with Gasteiger partial charge in [-0.2, -0.15) is 0 Å². The topological polar surface area (TPSA) is 160 Å². The monoisotopic (exact) mass is 642 g/mol. The number of ketones is 1. The van der Waals surface area contributed by atoms with E-state index in [1.54, 1.807) is 71.0 Å². The number of nitrogens with one attached hydrogen (secondary N) is 4. The molecule has 248 valence electrons. The van der Waals surface area contributed by atoms with Gasteiger partial charge in [0.1, 0.15) is 17.6 Å². The first-order valence-electron chi connectivity index (χ1n) is 15.7. The van der Waals surface area contributed by atoms with Crippen LogP contribution in [-0.4, -0.2) is 47.1 Å². The summed E-state index contributed by atoms with van der Waals surface area (Å²) in [4.78, 5) is 78.3. The Morgan fingerprint density at radius 3 is 2.04 bits per heavy atom. The van der Waals surface area contributed by atoms with Crippen molar-refractivity contribution >= 4 is 46.3 Å². The molecule has 5 atom stereocenters. The lowest BCUT2D eigenvalue weighted by molar-refractivity contribution is -0.137. The molecule has 1 heterocycles. The molecule has 1 aliphatic rings. The maximum absolute atomic E-state index is 14.0. The molecule has 4 rings (SSSR count). The van der Waals surface area contributed by atoms with Crippen molar-refractivity contribution < 1.29 is 33.5 Å². The molecule has 0 aromatic heterocycles. The Hall–Kier alpha value is -5.06. The zero-order chi connectivity index (χ0) is 34.5. The van der Waals surface area contributed by atoms with Crippen molar-refractivity contribution in [3.8, 4) is 0 Å². The smallest absolute Gasteiger partial charge is 0.408 e. The molecule has 4 N–H and O–H groups in total. The average Bonchev–Trinajstić information content (AvgIpc) is 3.27. The summed E-state index contributed by atoms with van der Waals surface area (Å²) in [5.41, 5.74) is 0.313. The lowest BCUT2D eigenvalue weighted by Crippen LogP contribution is -2.50. The molecule has 0 saturated carbocycles. The molecule has 0 spiro atoms. The summed E-state index contributed by atoms with van der Waals surface area (Å²) in [5, 5.41) is 12.3. The van der Waals surface area contributed by atoms with E-state index in [0.717, 1.165) is 10.8 Å². The van der Waals surface area contributed by atoms with Crippen LogP contribution in [0.5, 0.6) is 0 Å². The van der Waals surface area contributed by atoms with Crippen LogP contribution in [0.15, 0.2) is 72.8 Å². The molecule has 1 unspecified atom stereocenters. The van der Waals surface area contributed by atoms with Crippen LogP contribution in [0.2, 0.25) is 0 Å². The fourth-order valence-corrected chi connectivity index (χ4v) is 5.55. The maximum Gasteiger partial charge on any atom is 0.408 e. The number of carbonyl (C=O) groups is 6. The highest BCUT2D eigenvalue weighted by Gasteiger charge is 2.46. The summed E-state index contributed by atoms with van der Waals surface area (Å²) < 4.78 is 5.46. The van der Waals surface area contributed by atoms with Crippen molar-refractivity contribution in [2.75, 3.05) is 0 Å². The van der Waals surface area contributed by atoms with E-state index in [4.69, 9.17) is 4.74 Å². The number of carbonyl (C=O) groups excluding carboxylic acids is 6. The van der Waals surface area contributed by atoms with E-state index in [9.17, 15) is 28.8 Å². The number of hydrogen-bond donors (Lipinski definition) is 4. The predicted octanol–water partition coefficient (Wildman–Crippen LogP) is 4.27. The van der Waals surface area contributed by atoms with E-state index in [1.807, 2.05) is 36.4 Å². The molecule has 0 bridgehead atoms. The first kappa shape index (κ1) is 34.8. The van der Waals surface area contributed by atoms with Crippen molar-refractivity contribution in [3.63, 3.8) is 0 Å². The number of benzene rings is 3. The highest BCUT2D eigenvalue weighted by Crippen LogP contribution is 2.26. The molecule has 11 nitrogen and oxygen atoms in total. The minimum absolute atomic E-state index is 0.255. The summed E-state index contributed by atoms with van der Waals surface area (Å²) in [5.74, 6) is -5.35. The van der Waals surface area contributed by atoms with Crippen LogP contribution in [0.1, 0.15) is 71.2 Å². The fraction of sp³-hybridized carbons (Fsp3) is 0.389. The molecular formula is C36H42N4O7. The number of fused-ring (bicyclic) bond motifs is 1. The molecular weight excluding hydrogens is 600 g/mol. The van der Waals surface area contributed by atoms with E-state index < -0.39 is 71.1 Å². The number of rotatable bonds is 11. The van der Waals surface area contributed by atoms with Gasteiger partial charge >= 0.3 is 6.09 Å². The van der Waals surface area contributed by atoms with Gasteiger partial charge in [-0.05, 0) is 54.7 Å². The molecule has 11 heteroatoms. The van der Waals surface area contributed by atoms with Crippen molar-refractivity contribution in [2.24, 2.45) is 17.8 Å². The zero-order valence-corrected chi connectivity index (χ0v) is 27.5. The van der Waals surface area contributed by atoms with Crippen LogP contribution in [0, 0.1) is 17.8 Å². The maximum atomic E-state index is 14.0. The van der Waals surface area contributed by atoms with Gasteiger partial charge < -0.3 is 20.7 Å². The quantitative estimate of drug-likeness (QED) is 0.180. The fourth-order valence-electron chi connectivity index (χ4n) is 5.55.